The van der Waals surface area contributed by atoms with Crippen LogP contribution in [0, 0.1) is 11.8 Å². The van der Waals surface area contributed by atoms with Crippen molar-refractivity contribution < 1.29 is 46.1 Å². The molecule has 0 saturated carbocycles. The van der Waals surface area contributed by atoms with Crippen LogP contribution in [-0.4, -0.2) is 3.21 Å². The van der Waals surface area contributed by atoms with Crippen molar-refractivity contribution in [3.63, 3.8) is 0 Å². The van der Waals surface area contributed by atoms with E-state index in [1.54, 1.807) is 9.77 Å². The van der Waals surface area contributed by atoms with Crippen molar-refractivity contribution in [3.8, 4) is 0 Å². The molecule has 2 aliphatic carbocycles. The second kappa shape index (κ2) is 11.1. The molecule has 2 heterocycles. The fourth-order valence-electron chi connectivity index (χ4n) is 6.60. The Morgan fingerprint density at radius 1 is 0.605 bits per heavy atom. The van der Waals surface area contributed by atoms with Gasteiger partial charge in [-0.3, -0.25) is 0 Å². The number of fused-ring (bicyclic) bond motifs is 2. The van der Waals surface area contributed by atoms with Gasteiger partial charge in [-0.2, -0.15) is 0 Å². The molecule has 2 aromatic rings. The van der Waals surface area contributed by atoms with Gasteiger partial charge in [0.25, 0.3) is 0 Å². The molecule has 4 aliphatic rings. The molecule has 38 heavy (non-hydrogen) atoms. The second-order valence-corrected chi connectivity index (χ2v) is 17.6. The number of anilines is 2. The minimum atomic E-state index is -2.32. The van der Waals surface area contributed by atoms with Gasteiger partial charge < -0.3 is 24.8 Å². The molecule has 0 radical (unpaired) electrons. The normalized spacial score (nSPS) is 21.1. The van der Waals surface area contributed by atoms with Crippen molar-refractivity contribution in [2.75, 3.05) is 9.80 Å². The van der Waals surface area contributed by atoms with Gasteiger partial charge in [0, 0.05) is 0 Å². The number of halogens is 2. The summed E-state index contributed by atoms with van der Waals surface area (Å²) in [5.74, 6) is 0.825. The molecular formula is C33H34Cl2N2Zr. The Bertz CT molecular complexity index is 1380. The first kappa shape index (κ1) is 28.8. The molecule has 2 aliphatic heterocycles. The van der Waals surface area contributed by atoms with E-state index in [1.807, 2.05) is 0 Å². The van der Waals surface area contributed by atoms with Gasteiger partial charge in [0.05, 0.1) is 0 Å². The summed E-state index contributed by atoms with van der Waals surface area (Å²) in [6, 6.07) is 21.7. The molecule has 0 aromatic heterocycles. The number of nitrogens with zero attached hydrogens (tertiary/aromatic N) is 2. The third kappa shape index (κ3) is 4.51. The SMILES string of the molecule is CC1=CC2C(=CC(C)=[C]2[Zr+2]([C]2=C(C)C=C3C2C=C(C)N3c2ccccc2)=[C](C)C)N1c1ccccc1.[Cl-].[Cl-]. The zero-order valence-corrected chi connectivity index (χ0v) is 26.9. The van der Waals surface area contributed by atoms with Gasteiger partial charge in [-0.25, -0.2) is 0 Å². The van der Waals surface area contributed by atoms with Crippen molar-refractivity contribution >= 4 is 14.6 Å². The van der Waals surface area contributed by atoms with E-state index in [-0.39, 0.29) is 24.8 Å². The summed E-state index contributed by atoms with van der Waals surface area (Å²) in [6.07, 6.45) is 10.0. The molecule has 6 rings (SSSR count). The monoisotopic (exact) mass is 618 g/mol. The van der Waals surface area contributed by atoms with Gasteiger partial charge >= 0.3 is 224 Å². The molecule has 2 unspecified atom stereocenters. The Labute approximate surface area is 247 Å². The fraction of sp³-hybridized carbons (Fsp3) is 0.242. The zero-order valence-electron chi connectivity index (χ0n) is 22.9. The largest absolute Gasteiger partial charge is 1.00 e. The van der Waals surface area contributed by atoms with Crippen LogP contribution in [0.3, 0.4) is 0 Å². The predicted octanol–water partition coefficient (Wildman–Crippen LogP) is 2.25. The number of allylic oxidation sites excluding steroid dienone is 8. The maximum absolute atomic E-state index is 2.53. The Hall–Kier alpha value is -2.19. The van der Waals surface area contributed by atoms with E-state index < -0.39 is 21.3 Å². The Morgan fingerprint density at radius 3 is 1.32 bits per heavy atom. The minimum absolute atomic E-state index is 0. The average Bonchev–Trinajstić information content (AvgIpc) is 3.53. The van der Waals surface area contributed by atoms with Gasteiger partial charge in [-0.1, -0.05) is 0 Å². The quantitative estimate of drug-likeness (QED) is 0.518. The van der Waals surface area contributed by atoms with E-state index in [1.165, 1.54) is 45.3 Å². The molecule has 0 spiro atoms. The third-order valence-corrected chi connectivity index (χ3v) is 16.5. The van der Waals surface area contributed by atoms with Crippen molar-refractivity contribution in [1.82, 2.24) is 0 Å². The topological polar surface area (TPSA) is 6.48 Å². The van der Waals surface area contributed by atoms with Crippen LogP contribution in [-0.2, 0) is 21.3 Å². The van der Waals surface area contributed by atoms with Crippen LogP contribution < -0.4 is 34.6 Å². The van der Waals surface area contributed by atoms with Crippen LogP contribution in [0.1, 0.15) is 41.5 Å². The van der Waals surface area contributed by atoms with Crippen molar-refractivity contribution in [1.29, 1.82) is 0 Å². The second-order valence-electron chi connectivity index (χ2n) is 10.6. The molecule has 2 atom stereocenters. The van der Waals surface area contributed by atoms with Crippen LogP contribution in [0.15, 0.2) is 125 Å². The average molecular weight is 621 g/mol. The molecule has 5 heteroatoms. The number of hydrogen-bond donors (Lipinski definition) is 0. The van der Waals surface area contributed by atoms with E-state index >= 15 is 0 Å². The van der Waals surface area contributed by atoms with Crippen LogP contribution in [0.5, 0.6) is 0 Å². The standard InChI is InChI=1S/2C15H14N.C3H6.2ClH.Zr/c2*1-11-8-13-10-12(2)16(15(13)9-11)14-6-4-3-5-7-14;1-3-2;;;/h2*3-7,9-10,13H,1-2H3;1-2H3;2*1H;/q;;;;;+2/p-2. The zero-order chi connectivity index (χ0) is 25.1. The van der Waals surface area contributed by atoms with Crippen molar-refractivity contribution in [3.05, 3.63) is 125 Å². The van der Waals surface area contributed by atoms with E-state index in [9.17, 15) is 0 Å². The number of hydrogen-bond acceptors (Lipinski definition) is 2. The minimum Gasteiger partial charge on any atom is -1.00 e. The number of rotatable bonds is 4. The molecule has 0 amide bonds. The third-order valence-electron chi connectivity index (χ3n) is 7.94. The summed E-state index contributed by atoms with van der Waals surface area (Å²) < 4.78 is 5.16. The molecule has 2 nitrogen and oxygen atoms in total. The van der Waals surface area contributed by atoms with Crippen LogP contribution in [0.4, 0.5) is 11.4 Å². The molecule has 0 N–H and O–H groups in total. The predicted molar refractivity (Wildman–Crippen MR) is 150 cm³/mol. The van der Waals surface area contributed by atoms with Crippen LogP contribution in [0.2, 0.25) is 0 Å². The summed E-state index contributed by atoms with van der Waals surface area (Å²) in [4.78, 5) is 4.95. The Kier molecular flexibility index (Phi) is 8.44. The first-order valence-electron chi connectivity index (χ1n) is 13.0. The molecule has 194 valence electrons. The maximum Gasteiger partial charge on any atom is -1.00 e. The summed E-state index contributed by atoms with van der Waals surface area (Å²) >= 11 is -2.32. The first-order valence-corrected chi connectivity index (χ1v) is 16.7. The molecule has 2 aromatic carbocycles. The molecule has 0 saturated heterocycles. The van der Waals surface area contributed by atoms with E-state index in [0.29, 0.717) is 11.8 Å². The molecule has 0 fully saturated rings. The first-order chi connectivity index (χ1) is 17.4. The van der Waals surface area contributed by atoms with Gasteiger partial charge in [-0.05, 0) is 0 Å². The number of para-hydroxylation sites is 2. The molecule has 0 bridgehead atoms. The van der Waals surface area contributed by atoms with Gasteiger partial charge in [-0.15, -0.1) is 0 Å². The maximum atomic E-state index is 2.53. The van der Waals surface area contributed by atoms with Gasteiger partial charge in [0.15, 0.2) is 0 Å². The Balaban J connectivity index is 0.00000168. The van der Waals surface area contributed by atoms with Crippen LogP contribution in [0.25, 0.3) is 0 Å². The number of benzene rings is 2. The summed E-state index contributed by atoms with van der Waals surface area (Å²) in [5.41, 5.74) is 11.1. The van der Waals surface area contributed by atoms with E-state index in [4.69, 9.17) is 0 Å². The van der Waals surface area contributed by atoms with E-state index in [0.717, 1.165) is 0 Å². The smallest absolute Gasteiger partial charge is 1.00 e. The Morgan fingerprint density at radius 2 is 0.974 bits per heavy atom. The van der Waals surface area contributed by atoms with Gasteiger partial charge in [0.2, 0.25) is 0 Å². The van der Waals surface area contributed by atoms with Crippen LogP contribution >= 0.6 is 0 Å². The molecular weight excluding hydrogens is 587 g/mol. The van der Waals surface area contributed by atoms with Gasteiger partial charge in [0.1, 0.15) is 0 Å². The fourth-order valence-corrected chi connectivity index (χ4v) is 14.9. The van der Waals surface area contributed by atoms with Crippen molar-refractivity contribution in [2.24, 2.45) is 11.8 Å². The summed E-state index contributed by atoms with van der Waals surface area (Å²) in [6.45, 7) is 14.1. The summed E-state index contributed by atoms with van der Waals surface area (Å²) in [7, 11) is 0. The van der Waals surface area contributed by atoms with Crippen molar-refractivity contribution in [2.45, 2.75) is 41.5 Å². The van der Waals surface area contributed by atoms with E-state index in [2.05, 4.69) is 136 Å². The summed E-state index contributed by atoms with van der Waals surface area (Å²) in [5, 5.41) is 0.